The van der Waals surface area contributed by atoms with Crippen molar-refractivity contribution in [1.29, 1.82) is 0 Å². The Balaban J connectivity index is 1.57. The molecule has 0 aliphatic carbocycles. The van der Waals surface area contributed by atoms with E-state index in [1.807, 2.05) is 34.9 Å². The molecule has 0 bridgehead atoms. The summed E-state index contributed by atoms with van der Waals surface area (Å²) >= 11 is 0. The average Bonchev–Trinajstić information content (AvgIpc) is 3.64. The summed E-state index contributed by atoms with van der Waals surface area (Å²) < 4.78 is 76.5. The molecular weight excluding hydrogens is 560 g/mol. The minimum absolute atomic E-state index is 0.0254. The number of rotatable bonds is 10. The van der Waals surface area contributed by atoms with Gasteiger partial charge in [0.15, 0.2) is 0 Å². The zero-order valence-electron chi connectivity index (χ0n) is 22.3. The van der Waals surface area contributed by atoms with Crippen LogP contribution in [0.4, 0.5) is 17.6 Å². The van der Waals surface area contributed by atoms with Crippen molar-refractivity contribution in [3.63, 3.8) is 0 Å². The number of hydrogen-bond acceptors (Lipinski definition) is 7. The highest BCUT2D eigenvalue weighted by Gasteiger charge is 2.37. The highest BCUT2D eigenvalue weighted by molar-refractivity contribution is 5.97. The molecular formula is C28H26F4N6O4. The molecule has 0 saturated carbocycles. The molecule has 0 spiro atoms. The van der Waals surface area contributed by atoms with Crippen LogP contribution in [-0.4, -0.2) is 66.8 Å². The Morgan fingerprint density at radius 1 is 1.05 bits per heavy atom. The molecule has 6 rings (SSSR count). The lowest BCUT2D eigenvalue weighted by Crippen LogP contribution is -2.33. The van der Waals surface area contributed by atoms with Gasteiger partial charge in [0, 0.05) is 37.1 Å². The Kier molecular flexibility index (Phi) is 7.56. The molecule has 3 aliphatic rings. The summed E-state index contributed by atoms with van der Waals surface area (Å²) in [5, 5.41) is 17.3. The van der Waals surface area contributed by atoms with Crippen LogP contribution in [0.25, 0.3) is 33.8 Å². The fraction of sp³-hybridized carbons (Fsp3) is 0.321. The third-order valence-electron chi connectivity index (χ3n) is 6.83. The number of ether oxygens (including phenoxy) is 3. The Morgan fingerprint density at radius 3 is 2.60 bits per heavy atom. The van der Waals surface area contributed by atoms with Gasteiger partial charge in [-0.15, -0.1) is 5.10 Å². The summed E-state index contributed by atoms with van der Waals surface area (Å²) in [6.45, 7) is -2.79. The molecule has 3 aliphatic heterocycles. The molecule has 1 aromatic carbocycles. The molecule has 42 heavy (non-hydrogen) atoms. The molecule has 220 valence electrons. The molecule has 0 radical (unpaired) electrons. The van der Waals surface area contributed by atoms with Crippen LogP contribution in [0.3, 0.4) is 0 Å². The van der Waals surface area contributed by atoms with E-state index < -0.39 is 24.8 Å². The number of hydrogen-bond donors (Lipinski definition) is 1. The third kappa shape index (κ3) is 5.18. The number of aliphatic hydroxyl groups excluding tert-OH is 1. The molecule has 1 unspecified atom stereocenters. The Hall–Kier alpha value is -4.43. The van der Waals surface area contributed by atoms with Gasteiger partial charge in [0.25, 0.3) is 6.43 Å². The van der Waals surface area contributed by atoms with Gasteiger partial charge in [-0.3, -0.25) is 4.68 Å². The maximum absolute atomic E-state index is 14.5. The summed E-state index contributed by atoms with van der Waals surface area (Å²) in [5.41, 5.74) is 1.33. The van der Waals surface area contributed by atoms with Gasteiger partial charge in [0.1, 0.15) is 24.2 Å². The molecule has 1 N–H and O–H groups in total. The molecule has 0 amide bonds. The highest BCUT2D eigenvalue weighted by atomic mass is 19.3. The quantitative estimate of drug-likeness (QED) is 0.239. The normalized spacial score (nSPS) is 15.0. The Labute approximate surface area is 237 Å². The van der Waals surface area contributed by atoms with Gasteiger partial charge in [-0.1, -0.05) is 30.3 Å². The van der Waals surface area contributed by atoms with Gasteiger partial charge >= 0.3 is 6.61 Å². The van der Waals surface area contributed by atoms with E-state index >= 15 is 0 Å². The van der Waals surface area contributed by atoms with Crippen molar-refractivity contribution >= 4 is 0 Å². The maximum atomic E-state index is 14.5. The summed E-state index contributed by atoms with van der Waals surface area (Å²) in [7, 11) is 1.54. The first-order chi connectivity index (χ1) is 20.3. The molecule has 2 aromatic heterocycles. The van der Waals surface area contributed by atoms with Crippen molar-refractivity contribution < 1.29 is 36.9 Å². The van der Waals surface area contributed by atoms with Gasteiger partial charge in [0.2, 0.25) is 11.8 Å². The standard InChI is InChI=1S/C28H26F4N6O4/c1-36-14-19(26(35-36)42-28(31)32)20-18-8-5-9-37(12-16-6-3-2-4-7-16)25(18)33-22(20)21-23(24(29)30)34-38-13-17(40-11-10-39)15-41-27(21)38/h2-9,14,17,24,28,39H,10-13,15H2,1H3. The maximum Gasteiger partial charge on any atom is 0.388 e. The zero-order chi connectivity index (χ0) is 29.4. The van der Waals surface area contributed by atoms with Gasteiger partial charge in [-0.2, -0.15) is 13.9 Å². The predicted octanol–water partition coefficient (Wildman–Crippen LogP) is 4.61. The summed E-state index contributed by atoms with van der Waals surface area (Å²) in [4.78, 5) is 4.83. The molecule has 5 heterocycles. The number of aryl methyl sites for hydroxylation is 1. The van der Waals surface area contributed by atoms with Crippen LogP contribution in [0, 0.1) is 0 Å². The summed E-state index contributed by atoms with van der Waals surface area (Å²) in [6.07, 6.45) is -0.250. The summed E-state index contributed by atoms with van der Waals surface area (Å²) in [5.74, 6) is 0.103. The number of halogens is 4. The lowest BCUT2D eigenvalue weighted by Gasteiger charge is -2.24. The van der Waals surface area contributed by atoms with E-state index in [-0.39, 0.29) is 60.5 Å². The Morgan fingerprint density at radius 2 is 1.86 bits per heavy atom. The van der Waals surface area contributed by atoms with E-state index in [1.54, 1.807) is 18.3 Å². The number of benzene rings is 1. The number of alkyl halides is 4. The molecule has 14 heteroatoms. The smallest absolute Gasteiger partial charge is 0.388 e. The van der Waals surface area contributed by atoms with Crippen molar-refractivity contribution in [2.24, 2.45) is 7.05 Å². The highest BCUT2D eigenvalue weighted by Crippen LogP contribution is 2.49. The fourth-order valence-electron chi connectivity index (χ4n) is 5.17. The topological polar surface area (TPSA) is 101 Å². The molecule has 10 nitrogen and oxygen atoms in total. The molecule has 0 saturated heterocycles. The first-order valence-corrected chi connectivity index (χ1v) is 13.1. The minimum atomic E-state index is -3.17. The van der Waals surface area contributed by atoms with Crippen molar-refractivity contribution in [2.45, 2.75) is 32.2 Å². The molecule has 0 fully saturated rings. The average molecular weight is 587 g/mol. The van der Waals surface area contributed by atoms with E-state index in [2.05, 4.69) is 10.2 Å². The monoisotopic (exact) mass is 586 g/mol. The van der Waals surface area contributed by atoms with Crippen LogP contribution in [0.5, 0.6) is 11.8 Å². The van der Waals surface area contributed by atoms with Crippen molar-refractivity contribution in [3.05, 3.63) is 66.1 Å². The molecule has 3 aromatic rings. The van der Waals surface area contributed by atoms with E-state index in [0.29, 0.717) is 17.9 Å². The van der Waals surface area contributed by atoms with Crippen LogP contribution >= 0.6 is 0 Å². The van der Waals surface area contributed by atoms with E-state index in [4.69, 9.17) is 24.3 Å². The van der Waals surface area contributed by atoms with Crippen molar-refractivity contribution in [1.82, 2.24) is 29.1 Å². The van der Waals surface area contributed by atoms with E-state index in [1.165, 1.54) is 22.6 Å². The van der Waals surface area contributed by atoms with Crippen LogP contribution < -0.4 is 9.47 Å². The first-order valence-electron chi connectivity index (χ1n) is 13.1. The summed E-state index contributed by atoms with van der Waals surface area (Å²) in [6, 6.07) is 13.1. The van der Waals surface area contributed by atoms with Crippen LogP contribution in [-0.2, 0) is 24.9 Å². The second-order valence-electron chi connectivity index (χ2n) is 9.67. The second kappa shape index (κ2) is 11.4. The fourth-order valence-corrected chi connectivity index (χ4v) is 5.17. The number of nitrogens with zero attached hydrogens (tertiary/aromatic N) is 6. The number of fused-ring (bicyclic) bond motifs is 2. The van der Waals surface area contributed by atoms with Gasteiger partial charge < -0.3 is 23.9 Å². The SMILES string of the molecule is Cn1cc(-c2c3cccn(Cc4ccccc4)c-3nc2-c2c(C(F)F)nn3c2OCC(OCCO)C3)c(OC(F)F)n1. The van der Waals surface area contributed by atoms with Gasteiger partial charge in [0.05, 0.1) is 36.6 Å². The van der Waals surface area contributed by atoms with E-state index in [9.17, 15) is 17.6 Å². The first kappa shape index (κ1) is 27.7. The van der Waals surface area contributed by atoms with E-state index in [0.717, 1.165) is 5.56 Å². The Bertz CT molecular complexity index is 1650. The minimum Gasteiger partial charge on any atom is -0.474 e. The van der Waals surface area contributed by atoms with Crippen LogP contribution in [0.1, 0.15) is 17.7 Å². The number of aromatic nitrogens is 6. The molecule has 1 atom stereocenters. The second-order valence-corrected chi connectivity index (χ2v) is 9.67. The van der Waals surface area contributed by atoms with Gasteiger partial charge in [-0.25, -0.2) is 18.4 Å². The van der Waals surface area contributed by atoms with Crippen LogP contribution in [0.15, 0.2) is 54.9 Å². The lowest BCUT2D eigenvalue weighted by molar-refractivity contribution is -0.0527. The lowest BCUT2D eigenvalue weighted by atomic mass is 9.98. The van der Waals surface area contributed by atoms with Gasteiger partial charge in [-0.05, 0) is 17.7 Å². The number of pyridine rings is 1. The van der Waals surface area contributed by atoms with Crippen LogP contribution in [0.2, 0.25) is 0 Å². The number of aliphatic hydroxyl groups is 1. The largest absolute Gasteiger partial charge is 0.474 e. The third-order valence-corrected chi connectivity index (χ3v) is 6.83. The zero-order valence-corrected chi connectivity index (χ0v) is 22.3. The van der Waals surface area contributed by atoms with Crippen molar-refractivity contribution in [3.8, 4) is 45.5 Å². The predicted molar refractivity (Wildman–Crippen MR) is 142 cm³/mol. The van der Waals surface area contributed by atoms with Crippen molar-refractivity contribution in [2.75, 3.05) is 19.8 Å².